The fourth-order valence-electron chi connectivity index (χ4n) is 3.44. The molecule has 0 atom stereocenters. The van der Waals surface area contributed by atoms with Crippen LogP contribution in [0.15, 0.2) is 70.9 Å². The molecule has 0 spiro atoms. The van der Waals surface area contributed by atoms with Crippen molar-refractivity contribution in [3.05, 3.63) is 66.2 Å². The number of hydrogen-bond acceptors (Lipinski definition) is 5. The van der Waals surface area contributed by atoms with Crippen molar-refractivity contribution < 1.29 is 14.6 Å². The first-order valence-electron chi connectivity index (χ1n) is 10.9. The molecule has 5 nitrogen and oxygen atoms in total. The molecule has 0 radical (unpaired) electrons. The molecule has 0 saturated carbocycles. The molecule has 0 aliphatic carbocycles. The van der Waals surface area contributed by atoms with Crippen molar-refractivity contribution in [1.29, 1.82) is 0 Å². The van der Waals surface area contributed by atoms with Gasteiger partial charge >= 0.3 is 5.97 Å². The van der Waals surface area contributed by atoms with Gasteiger partial charge in [0.2, 0.25) is 0 Å². The average molecular weight is 419 g/mol. The van der Waals surface area contributed by atoms with Crippen LogP contribution in [0.1, 0.15) is 56.3 Å². The molecular formula is C26H30N2O3. The molecule has 0 saturated heterocycles. The number of carbonyl (C=O) groups is 1. The number of phenolic OH excluding ortho intramolecular Hbond substituents is 1. The SMILES string of the molecule is CC(C)CCCCCCOC(=O)c1ccccc1N=Nc1c(O)ccc2ccccc12. The van der Waals surface area contributed by atoms with Gasteiger partial charge in [-0.2, -0.15) is 0 Å². The lowest BCUT2D eigenvalue weighted by atomic mass is 10.0. The molecule has 162 valence electrons. The van der Waals surface area contributed by atoms with Crippen molar-refractivity contribution in [3.8, 4) is 5.75 Å². The maximum absolute atomic E-state index is 12.6. The second-order valence-corrected chi connectivity index (χ2v) is 8.10. The van der Waals surface area contributed by atoms with Gasteiger partial charge < -0.3 is 9.84 Å². The van der Waals surface area contributed by atoms with Gasteiger partial charge in [0.05, 0.1) is 12.2 Å². The average Bonchev–Trinajstić information content (AvgIpc) is 2.77. The van der Waals surface area contributed by atoms with E-state index in [0.717, 1.165) is 36.0 Å². The van der Waals surface area contributed by atoms with Crippen LogP contribution in [0, 0.1) is 5.92 Å². The summed E-state index contributed by atoms with van der Waals surface area (Å²) in [4.78, 5) is 12.6. The van der Waals surface area contributed by atoms with Gasteiger partial charge in [-0.3, -0.25) is 0 Å². The zero-order valence-electron chi connectivity index (χ0n) is 18.3. The highest BCUT2D eigenvalue weighted by Crippen LogP contribution is 2.36. The van der Waals surface area contributed by atoms with E-state index in [1.165, 1.54) is 12.8 Å². The first kappa shape index (κ1) is 22.5. The van der Waals surface area contributed by atoms with Gasteiger partial charge in [0, 0.05) is 5.39 Å². The highest BCUT2D eigenvalue weighted by molar-refractivity contribution is 5.96. The van der Waals surface area contributed by atoms with E-state index in [1.807, 2.05) is 30.3 Å². The standard InChI is InChI=1S/C26H30N2O3/c1-19(2)11-5-3-4-10-18-31-26(30)22-14-8-9-15-23(22)27-28-25-21-13-7-6-12-20(21)16-17-24(25)29/h6-9,12-17,19,29H,3-5,10-11,18H2,1-2H3. The Morgan fingerprint density at radius 3 is 2.48 bits per heavy atom. The summed E-state index contributed by atoms with van der Waals surface area (Å²) >= 11 is 0. The third-order valence-electron chi connectivity index (χ3n) is 5.17. The largest absolute Gasteiger partial charge is 0.506 e. The van der Waals surface area contributed by atoms with Crippen molar-refractivity contribution >= 4 is 28.1 Å². The number of fused-ring (bicyclic) bond motifs is 1. The van der Waals surface area contributed by atoms with Gasteiger partial charge in [-0.15, -0.1) is 10.2 Å². The van der Waals surface area contributed by atoms with Crippen molar-refractivity contribution in [2.24, 2.45) is 16.1 Å². The number of azo groups is 1. The van der Waals surface area contributed by atoms with Crippen LogP contribution in [0.25, 0.3) is 10.8 Å². The van der Waals surface area contributed by atoms with E-state index in [-0.39, 0.29) is 5.75 Å². The number of ether oxygens (including phenoxy) is 1. The van der Waals surface area contributed by atoms with E-state index in [1.54, 1.807) is 30.3 Å². The number of rotatable bonds is 10. The number of aromatic hydroxyl groups is 1. The van der Waals surface area contributed by atoms with E-state index >= 15 is 0 Å². The molecule has 1 N–H and O–H groups in total. The van der Waals surface area contributed by atoms with Crippen LogP contribution < -0.4 is 0 Å². The maximum Gasteiger partial charge on any atom is 0.340 e. The number of benzene rings is 3. The number of phenols is 1. The smallest absolute Gasteiger partial charge is 0.340 e. The maximum atomic E-state index is 12.6. The van der Waals surface area contributed by atoms with E-state index in [9.17, 15) is 9.90 Å². The molecule has 0 aromatic heterocycles. The second-order valence-electron chi connectivity index (χ2n) is 8.10. The molecule has 0 fully saturated rings. The predicted octanol–water partition coefficient (Wildman–Crippen LogP) is 7.72. The Labute approximate surface area is 183 Å². The number of unbranched alkanes of at least 4 members (excludes halogenated alkanes) is 3. The Kier molecular flexibility index (Phi) is 8.16. The molecule has 3 rings (SSSR count). The lowest BCUT2D eigenvalue weighted by Gasteiger charge is -2.08. The molecule has 31 heavy (non-hydrogen) atoms. The summed E-state index contributed by atoms with van der Waals surface area (Å²) in [6.07, 6.45) is 5.54. The van der Waals surface area contributed by atoms with E-state index in [4.69, 9.17) is 4.74 Å². The minimum Gasteiger partial charge on any atom is -0.506 e. The van der Waals surface area contributed by atoms with Crippen molar-refractivity contribution in [2.45, 2.75) is 46.0 Å². The van der Waals surface area contributed by atoms with Crippen molar-refractivity contribution in [2.75, 3.05) is 6.61 Å². The number of nitrogens with zero attached hydrogens (tertiary/aromatic N) is 2. The number of esters is 1. The first-order valence-corrected chi connectivity index (χ1v) is 10.9. The Morgan fingerprint density at radius 1 is 0.903 bits per heavy atom. The van der Waals surface area contributed by atoms with Crippen molar-refractivity contribution in [1.82, 2.24) is 0 Å². The highest BCUT2D eigenvalue weighted by atomic mass is 16.5. The molecule has 0 aliphatic rings. The van der Waals surface area contributed by atoms with Crippen LogP contribution in [0.2, 0.25) is 0 Å². The number of carbonyl (C=O) groups excluding carboxylic acids is 1. The lowest BCUT2D eigenvalue weighted by molar-refractivity contribution is 0.0498. The minimum absolute atomic E-state index is 0.0416. The Balaban J connectivity index is 1.65. The summed E-state index contributed by atoms with van der Waals surface area (Å²) in [6.45, 7) is 4.87. The fourth-order valence-corrected chi connectivity index (χ4v) is 3.44. The summed E-state index contributed by atoms with van der Waals surface area (Å²) < 4.78 is 5.45. The van der Waals surface area contributed by atoms with E-state index in [0.29, 0.717) is 23.5 Å². The van der Waals surface area contributed by atoms with Gasteiger partial charge in [0.15, 0.2) is 0 Å². The van der Waals surface area contributed by atoms with Crippen LogP contribution in [0.4, 0.5) is 11.4 Å². The van der Waals surface area contributed by atoms with Crippen LogP contribution >= 0.6 is 0 Å². The van der Waals surface area contributed by atoms with Crippen LogP contribution in [0.5, 0.6) is 5.75 Å². The second kappa shape index (κ2) is 11.3. The van der Waals surface area contributed by atoms with Crippen molar-refractivity contribution in [3.63, 3.8) is 0 Å². The molecule has 0 amide bonds. The molecule has 3 aromatic carbocycles. The van der Waals surface area contributed by atoms with Gasteiger partial charge in [-0.1, -0.05) is 82.0 Å². The molecule has 0 aliphatic heterocycles. The number of hydrogen-bond donors (Lipinski definition) is 1. The normalized spacial score (nSPS) is 11.5. The molecular weight excluding hydrogens is 388 g/mol. The Hall–Kier alpha value is -3.21. The van der Waals surface area contributed by atoms with Crippen LogP contribution in [-0.2, 0) is 4.74 Å². The van der Waals surface area contributed by atoms with Gasteiger partial charge in [-0.05, 0) is 35.9 Å². The molecule has 0 heterocycles. The molecule has 0 bridgehead atoms. The molecule has 0 unspecified atom stereocenters. The Bertz CT molecular complexity index is 1040. The third kappa shape index (κ3) is 6.38. The lowest BCUT2D eigenvalue weighted by Crippen LogP contribution is -2.06. The Morgan fingerprint density at radius 2 is 1.65 bits per heavy atom. The third-order valence-corrected chi connectivity index (χ3v) is 5.17. The van der Waals surface area contributed by atoms with E-state index in [2.05, 4.69) is 24.1 Å². The topological polar surface area (TPSA) is 71.2 Å². The predicted molar refractivity (Wildman–Crippen MR) is 124 cm³/mol. The summed E-state index contributed by atoms with van der Waals surface area (Å²) in [5.41, 5.74) is 1.16. The summed E-state index contributed by atoms with van der Waals surface area (Å²) in [6, 6.07) is 18.0. The highest BCUT2D eigenvalue weighted by Gasteiger charge is 2.13. The monoisotopic (exact) mass is 418 g/mol. The van der Waals surface area contributed by atoms with Gasteiger partial charge in [0.25, 0.3) is 0 Å². The van der Waals surface area contributed by atoms with Gasteiger partial charge in [-0.25, -0.2) is 4.79 Å². The summed E-state index contributed by atoms with van der Waals surface area (Å²) in [7, 11) is 0. The summed E-state index contributed by atoms with van der Waals surface area (Å²) in [5.74, 6) is 0.373. The molecule has 5 heteroatoms. The van der Waals surface area contributed by atoms with E-state index < -0.39 is 5.97 Å². The summed E-state index contributed by atoms with van der Waals surface area (Å²) in [5, 5.41) is 20.5. The first-order chi connectivity index (χ1) is 15.1. The zero-order valence-corrected chi connectivity index (χ0v) is 18.3. The van der Waals surface area contributed by atoms with Crippen LogP contribution in [-0.4, -0.2) is 17.7 Å². The quantitative estimate of drug-likeness (QED) is 0.208. The van der Waals surface area contributed by atoms with Gasteiger partial charge in [0.1, 0.15) is 17.1 Å². The fraction of sp³-hybridized carbons (Fsp3) is 0.346. The zero-order chi connectivity index (χ0) is 22.1. The molecule has 3 aromatic rings. The minimum atomic E-state index is -0.404. The van der Waals surface area contributed by atoms with Crippen LogP contribution in [0.3, 0.4) is 0 Å².